The molecule has 0 radical (unpaired) electrons. The van der Waals surface area contributed by atoms with Crippen molar-refractivity contribution in [2.45, 2.75) is 6.04 Å². The van der Waals surface area contributed by atoms with Crippen LogP contribution < -0.4 is 5.32 Å². The first kappa shape index (κ1) is 7.76. The molecule has 0 aromatic carbocycles. The number of anilines is 1. The lowest BCUT2D eigenvalue weighted by Gasteiger charge is -2.27. The summed E-state index contributed by atoms with van der Waals surface area (Å²) < 4.78 is 5.00. The molecule has 5 heteroatoms. The van der Waals surface area contributed by atoms with E-state index in [1.807, 2.05) is 0 Å². The van der Waals surface area contributed by atoms with Crippen molar-refractivity contribution in [2.24, 2.45) is 0 Å². The maximum atomic E-state index is 5.60. The minimum absolute atomic E-state index is 0.264. The second kappa shape index (κ2) is 3.25. The normalized spacial score (nSPS) is 17.1. The summed E-state index contributed by atoms with van der Waals surface area (Å²) in [4.78, 5) is 7.76. The Balaban J connectivity index is 2.02. The lowest BCUT2D eigenvalue weighted by atomic mass is 10.2. The highest BCUT2D eigenvalue weighted by atomic mass is 35.5. The Morgan fingerprint density at radius 2 is 2.42 bits per heavy atom. The van der Waals surface area contributed by atoms with E-state index < -0.39 is 0 Å². The number of halogens is 1. The van der Waals surface area contributed by atoms with E-state index in [1.54, 1.807) is 12.3 Å². The van der Waals surface area contributed by atoms with Gasteiger partial charge in [0.2, 0.25) is 5.28 Å². The summed E-state index contributed by atoms with van der Waals surface area (Å²) in [6.07, 6.45) is 1.62. The molecule has 0 atom stereocenters. The third-order valence-electron chi connectivity index (χ3n) is 1.62. The van der Waals surface area contributed by atoms with Gasteiger partial charge in [0.15, 0.2) is 0 Å². The van der Waals surface area contributed by atoms with E-state index in [0.717, 1.165) is 19.0 Å². The maximum Gasteiger partial charge on any atom is 0.224 e. The van der Waals surface area contributed by atoms with Gasteiger partial charge in [0, 0.05) is 6.20 Å². The Labute approximate surface area is 74.9 Å². The van der Waals surface area contributed by atoms with Gasteiger partial charge in [0.1, 0.15) is 5.82 Å². The number of nitrogens with one attached hydrogen (secondary N) is 1. The van der Waals surface area contributed by atoms with E-state index in [9.17, 15) is 0 Å². The van der Waals surface area contributed by atoms with Crippen molar-refractivity contribution in [3.63, 3.8) is 0 Å². The molecule has 4 nitrogen and oxygen atoms in total. The minimum Gasteiger partial charge on any atom is -0.377 e. The first-order chi connectivity index (χ1) is 5.84. The fraction of sp³-hybridized carbons (Fsp3) is 0.429. The summed E-state index contributed by atoms with van der Waals surface area (Å²) in [6, 6.07) is 2.15. The van der Waals surface area contributed by atoms with Gasteiger partial charge in [-0.1, -0.05) is 0 Å². The van der Waals surface area contributed by atoms with Crippen molar-refractivity contribution in [2.75, 3.05) is 18.5 Å². The molecular formula is C7H8ClN3O. The summed E-state index contributed by atoms with van der Waals surface area (Å²) in [7, 11) is 0. The third-order valence-corrected chi connectivity index (χ3v) is 1.80. The van der Waals surface area contributed by atoms with Crippen LogP contribution in [0.15, 0.2) is 12.3 Å². The molecule has 0 bridgehead atoms. The maximum absolute atomic E-state index is 5.60. The number of rotatable bonds is 2. The van der Waals surface area contributed by atoms with Crippen LogP contribution >= 0.6 is 11.6 Å². The highest BCUT2D eigenvalue weighted by Crippen LogP contribution is 2.10. The highest BCUT2D eigenvalue weighted by molar-refractivity contribution is 6.28. The zero-order valence-corrected chi connectivity index (χ0v) is 7.08. The molecule has 1 aliphatic heterocycles. The number of hydrogen-bond acceptors (Lipinski definition) is 4. The molecule has 1 fully saturated rings. The van der Waals surface area contributed by atoms with E-state index in [-0.39, 0.29) is 5.28 Å². The number of aromatic nitrogens is 2. The van der Waals surface area contributed by atoms with Gasteiger partial charge in [0.25, 0.3) is 0 Å². The number of ether oxygens (including phenoxy) is 1. The molecule has 0 amide bonds. The van der Waals surface area contributed by atoms with Gasteiger partial charge < -0.3 is 10.1 Å². The van der Waals surface area contributed by atoms with Crippen LogP contribution in [0.5, 0.6) is 0 Å². The fourth-order valence-corrected chi connectivity index (χ4v) is 1.09. The van der Waals surface area contributed by atoms with Gasteiger partial charge in [-0.2, -0.15) is 0 Å². The molecule has 0 spiro atoms. The number of nitrogens with zero attached hydrogens (tertiary/aromatic N) is 2. The summed E-state index contributed by atoms with van der Waals surface area (Å²) in [5.41, 5.74) is 0. The largest absolute Gasteiger partial charge is 0.377 e. The molecule has 12 heavy (non-hydrogen) atoms. The average Bonchev–Trinajstić information content (AvgIpc) is 1.97. The smallest absolute Gasteiger partial charge is 0.224 e. The van der Waals surface area contributed by atoms with E-state index in [1.165, 1.54) is 0 Å². The molecule has 0 unspecified atom stereocenters. The summed E-state index contributed by atoms with van der Waals surface area (Å²) >= 11 is 5.60. The van der Waals surface area contributed by atoms with Gasteiger partial charge in [0.05, 0.1) is 19.3 Å². The van der Waals surface area contributed by atoms with Crippen LogP contribution in [0, 0.1) is 0 Å². The lowest BCUT2D eigenvalue weighted by molar-refractivity contribution is 0.0209. The minimum atomic E-state index is 0.264. The molecule has 2 heterocycles. The number of hydrogen-bond donors (Lipinski definition) is 1. The second-order valence-electron chi connectivity index (χ2n) is 2.59. The predicted molar refractivity (Wildman–Crippen MR) is 45.3 cm³/mol. The Hall–Kier alpha value is -0.870. The summed E-state index contributed by atoms with van der Waals surface area (Å²) in [6.45, 7) is 1.48. The SMILES string of the molecule is Clc1nccc(NC2COC2)n1. The van der Waals surface area contributed by atoms with Gasteiger partial charge in [-0.25, -0.2) is 9.97 Å². The first-order valence-corrected chi connectivity index (χ1v) is 4.05. The quantitative estimate of drug-likeness (QED) is 0.697. The zero-order valence-electron chi connectivity index (χ0n) is 6.33. The fourth-order valence-electron chi connectivity index (χ4n) is 0.943. The molecule has 0 aliphatic carbocycles. The average molecular weight is 186 g/mol. The zero-order chi connectivity index (χ0) is 8.39. The van der Waals surface area contributed by atoms with Gasteiger partial charge in [-0.05, 0) is 17.7 Å². The second-order valence-corrected chi connectivity index (χ2v) is 2.93. The highest BCUT2D eigenvalue weighted by Gasteiger charge is 2.17. The Kier molecular flexibility index (Phi) is 2.10. The van der Waals surface area contributed by atoms with Crippen LogP contribution in [0.3, 0.4) is 0 Å². The van der Waals surface area contributed by atoms with Gasteiger partial charge in [-0.3, -0.25) is 0 Å². The Morgan fingerprint density at radius 3 is 3.00 bits per heavy atom. The van der Waals surface area contributed by atoms with E-state index >= 15 is 0 Å². The predicted octanol–water partition coefficient (Wildman–Crippen LogP) is 0.941. The Morgan fingerprint density at radius 1 is 1.58 bits per heavy atom. The van der Waals surface area contributed by atoms with Crippen molar-refractivity contribution in [3.05, 3.63) is 17.5 Å². The third kappa shape index (κ3) is 1.65. The molecule has 1 aliphatic rings. The van der Waals surface area contributed by atoms with E-state index in [2.05, 4.69) is 15.3 Å². The van der Waals surface area contributed by atoms with Gasteiger partial charge >= 0.3 is 0 Å². The monoisotopic (exact) mass is 185 g/mol. The molecule has 1 aromatic heterocycles. The van der Waals surface area contributed by atoms with E-state index in [4.69, 9.17) is 16.3 Å². The summed E-state index contributed by atoms with van der Waals surface area (Å²) in [5.74, 6) is 0.753. The summed E-state index contributed by atoms with van der Waals surface area (Å²) in [5, 5.41) is 3.42. The lowest BCUT2D eigenvalue weighted by Crippen LogP contribution is -2.40. The van der Waals surface area contributed by atoms with Crippen LogP contribution in [-0.2, 0) is 4.74 Å². The Bertz CT molecular complexity index is 277. The molecular weight excluding hydrogens is 178 g/mol. The molecule has 1 saturated heterocycles. The van der Waals surface area contributed by atoms with Crippen molar-refractivity contribution in [1.29, 1.82) is 0 Å². The van der Waals surface area contributed by atoms with Crippen molar-refractivity contribution >= 4 is 17.4 Å². The molecule has 64 valence electrons. The van der Waals surface area contributed by atoms with Crippen LogP contribution in [0.4, 0.5) is 5.82 Å². The molecule has 1 N–H and O–H groups in total. The molecule has 2 rings (SSSR count). The van der Waals surface area contributed by atoms with Crippen molar-refractivity contribution < 1.29 is 4.74 Å². The van der Waals surface area contributed by atoms with Crippen LogP contribution in [0.2, 0.25) is 5.28 Å². The standard InChI is InChI=1S/C7H8ClN3O/c8-7-9-2-1-6(11-7)10-5-3-12-4-5/h1-2,5H,3-4H2,(H,9,10,11). The van der Waals surface area contributed by atoms with Crippen LogP contribution in [0.25, 0.3) is 0 Å². The van der Waals surface area contributed by atoms with Gasteiger partial charge in [-0.15, -0.1) is 0 Å². The van der Waals surface area contributed by atoms with Crippen LogP contribution in [0.1, 0.15) is 0 Å². The first-order valence-electron chi connectivity index (χ1n) is 3.67. The van der Waals surface area contributed by atoms with Crippen LogP contribution in [-0.4, -0.2) is 29.2 Å². The molecule has 1 aromatic rings. The van der Waals surface area contributed by atoms with Crippen molar-refractivity contribution in [1.82, 2.24) is 9.97 Å². The topological polar surface area (TPSA) is 47.0 Å². The van der Waals surface area contributed by atoms with E-state index in [0.29, 0.717) is 6.04 Å². The molecule has 0 saturated carbocycles. The van der Waals surface area contributed by atoms with Crippen molar-refractivity contribution in [3.8, 4) is 0 Å².